The van der Waals surface area contributed by atoms with Crippen molar-refractivity contribution in [3.63, 3.8) is 0 Å². The number of esters is 3. The fraction of sp³-hybridized carbons (Fsp3) is 0.879. The lowest BCUT2D eigenvalue weighted by atomic mass is 10.0. The van der Waals surface area contributed by atoms with Gasteiger partial charge in [-0.2, -0.15) is 0 Å². The summed E-state index contributed by atoms with van der Waals surface area (Å²) in [6, 6.07) is 0. The van der Waals surface area contributed by atoms with Crippen LogP contribution in [0.3, 0.4) is 0 Å². The average molecular weight is 901 g/mol. The van der Waals surface area contributed by atoms with Gasteiger partial charge in [0.2, 0.25) is 0 Å². The van der Waals surface area contributed by atoms with Crippen LogP contribution >= 0.6 is 0 Å². The Bertz CT molecular complexity index is 1040. The van der Waals surface area contributed by atoms with Gasteiger partial charge in [0.05, 0.1) is 0 Å². The van der Waals surface area contributed by atoms with E-state index in [9.17, 15) is 14.4 Å². The van der Waals surface area contributed by atoms with Gasteiger partial charge in [0.25, 0.3) is 0 Å². The number of hydrogen-bond acceptors (Lipinski definition) is 6. The predicted molar refractivity (Wildman–Crippen MR) is 275 cm³/mol. The molecule has 376 valence electrons. The summed E-state index contributed by atoms with van der Waals surface area (Å²) in [6.45, 7) is 6.65. The lowest BCUT2D eigenvalue weighted by Crippen LogP contribution is -2.30. The molecule has 0 saturated heterocycles. The van der Waals surface area contributed by atoms with Gasteiger partial charge in [-0.15, -0.1) is 0 Å². The van der Waals surface area contributed by atoms with Gasteiger partial charge >= 0.3 is 17.9 Å². The maximum absolute atomic E-state index is 12.8. The monoisotopic (exact) mass is 901 g/mol. The first kappa shape index (κ1) is 61.9. The van der Waals surface area contributed by atoms with E-state index in [1.807, 2.05) is 0 Å². The molecule has 0 aliphatic rings. The molecule has 0 aromatic heterocycles. The minimum Gasteiger partial charge on any atom is -0.462 e. The van der Waals surface area contributed by atoms with Crippen LogP contribution in [0.15, 0.2) is 24.3 Å². The van der Waals surface area contributed by atoms with E-state index in [1.165, 1.54) is 193 Å². The molecule has 6 heteroatoms. The minimum absolute atomic E-state index is 0.0716. The predicted octanol–water partition coefficient (Wildman–Crippen LogP) is 18.7. The second-order valence-corrected chi connectivity index (χ2v) is 19.2. The van der Waals surface area contributed by atoms with Gasteiger partial charge in [0.1, 0.15) is 13.2 Å². The second kappa shape index (κ2) is 53.5. The Morgan fingerprint density at radius 1 is 0.312 bits per heavy atom. The van der Waals surface area contributed by atoms with Crippen molar-refractivity contribution >= 4 is 17.9 Å². The quantitative estimate of drug-likeness (QED) is 0.0262. The Kier molecular flexibility index (Phi) is 51.7. The maximum Gasteiger partial charge on any atom is 0.306 e. The van der Waals surface area contributed by atoms with Crippen molar-refractivity contribution in [3.8, 4) is 0 Å². The molecule has 0 bridgehead atoms. The van der Waals surface area contributed by atoms with Crippen LogP contribution in [0.25, 0.3) is 0 Å². The molecule has 0 aromatic carbocycles. The van der Waals surface area contributed by atoms with Crippen molar-refractivity contribution in [2.45, 2.75) is 316 Å². The van der Waals surface area contributed by atoms with Gasteiger partial charge < -0.3 is 14.2 Å². The Morgan fingerprint density at radius 2 is 0.562 bits per heavy atom. The molecule has 1 atom stereocenters. The molecule has 0 amide bonds. The van der Waals surface area contributed by atoms with E-state index in [4.69, 9.17) is 14.2 Å². The Labute approximate surface area is 398 Å². The standard InChI is InChI=1S/C58H108O6/c1-4-7-10-13-16-19-22-25-28-29-31-33-36-39-42-45-48-51-57(60)63-54-55(53-62-56(59)50-47-44-41-38-35-32-27-24-21-18-15-12-9-6-3)64-58(61)52-49-46-43-40-37-34-30-26-23-20-17-14-11-8-5-2/h17,20,26,30,55H,4-16,18-19,21-25,27-29,31-54H2,1-3H3/b20-17-,30-26-/t55-/m1/s1. The van der Waals surface area contributed by atoms with Crippen molar-refractivity contribution in [2.75, 3.05) is 13.2 Å². The third-order valence-electron chi connectivity index (χ3n) is 12.7. The first-order valence-corrected chi connectivity index (χ1v) is 28.3. The molecule has 0 heterocycles. The van der Waals surface area contributed by atoms with E-state index in [-0.39, 0.29) is 31.1 Å². The van der Waals surface area contributed by atoms with E-state index in [1.54, 1.807) is 0 Å². The van der Waals surface area contributed by atoms with Crippen LogP contribution in [0, 0.1) is 0 Å². The molecule has 0 fully saturated rings. The van der Waals surface area contributed by atoms with Gasteiger partial charge in [-0.3, -0.25) is 14.4 Å². The van der Waals surface area contributed by atoms with Gasteiger partial charge in [-0.1, -0.05) is 263 Å². The first-order chi connectivity index (χ1) is 31.5. The largest absolute Gasteiger partial charge is 0.462 e. The van der Waals surface area contributed by atoms with Crippen LogP contribution < -0.4 is 0 Å². The highest BCUT2D eigenvalue weighted by Crippen LogP contribution is 2.17. The highest BCUT2D eigenvalue weighted by atomic mass is 16.6. The molecular formula is C58H108O6. The molecule has 0 saturated carbocycles. The maximum atomic E-state index is 12.8. The highest BCUT2D eigenvalue weighted by Gasteiger charge is 2.19. The van der Waals surface area contributed by atoms with E-state index < -0.39 is 6.10 Å². The molecule has 0 aliphatic heterocycles. The molecule has 64 heavy (non-hydrogen) atoms. The SMILES string of the molecule is CCCCC/C=C\C/C=C\CCCCCCCC(=O)O[C@H](COC(=O)CCCCCCCCCCCCCCCC)COC(=O)CCCCCCCCCCCCCCCCCCC. The molecule has 0 aromatic rings. The summed E-state index contributed by atoms with van der Waals surface area (Å²) in [5.74, 6) is -0.865. The summed E-state index contributed by atoms with van der Waals surface area (Å²) < 4.78 is 16.9. The van der Waals surface area contributed by atoms with Gasteiger partial charge in [0, 0.05) is 19.3 Å². The molecule has 0 spiro atoms. The van der Waals surface area contributed by atoms with Crippen LogP contribution in [0.5, 0.6) is 0 Å². The van der Waals surface area contributed by atoms with Crippen molar-refractivity contribution in [2.24, 2.45) is 0 Å². The zero-order valence-corrected chi connectivity index (χ0v) is 43.1. The summed E-state index contributed by atoms with van der Waals surface area (Å²) >= 11 is 0. The number of ether oxygens (including phenoxy) is 3. The number of hydrogen-bond donors (Lipinski definition) is 0. The summed E-state index contributed by atoms with van der Waals surface area (Å²) in [6.07, 6.45) is 61.6. The van der Waals surface area contributed by atoms with E-state index in [2.05, 4.69) is 45.1 Å². The number of carbonyl (C=O) groups excluding carboxylic acids is 3. The van der Waals surface area contributed by atoms with Gasteiger partial charge in [-0.25, -0.2) is 0 Å². The van der Waals surface area contributed by atoms with Crippen molar-refractivity contribution < 1.29 is 28.6 Å². The molecule has 0 unspecified atom stereocenters. The van der Waals surface area contributed by atoms with Crippen molar-refractivity contribution in [1.29, 1.82) is 0 Å². The van der Waals surface area contributed by atoms with Crippen LogP contribution in [-0.2, 0) is 28.6 Å². The topological polar surface area (TPSA) is 78.9 Å². The zero-order valence-electron chi connectivity index (χ0n) is 43.1. The van der Waals surface area contributed by atoms with E-state index >= 15 is 0 Å². The molecule has 0 radical (unpaired) electrons. The highest BCUT2D eigenvalue weighted by molar-refractivity contribution is 5.71. The average Bonchev–Trinajstić information content (AvgIpc) is 3.29. The normalized spacial score (nSPS) is 12.1. The van der Waals surface area contributed by atoms with E-state index in [0.717, 1.165) is 77.0 Å². The first-order valence-electron chi connectivity index (χ1n) is 28.3. The van der Waals surface area contributed by atoms with Crippen molar-refractivity contribution in [1.82, 2.24) is 0 Å². The Balaban J connectivity index is 4.34. The Hall–Kier alpha value is -2.11. The van der Waals surface area contributed by atoms with Crippen molar-refractivity contribution in [3.05, 3.63) is 24.3 Å². The summed E-state index contributed by atoms with van der Waals surface area (Å²) in [4.78, 5) is 38.1. The zero-order chi connectivity index (χ0) is 46.5. The third kappa shape index (κ3) is 50.9. The summed E-state index contributed by atoms with van der Waals surface area (Å²) in [5.41, 5.74) is 0. The van der Waals surface area contributed by atoms with Crippen LogP contribution in [0.4, 0.5) is 0 Å². The Morgan fingerprint density at radius 3 is 0.891 bits per heavy atom. The fourth-order valence-electron chi connectivity index (χ4n) is 8.42. The van der Waals surface area contributed by atoms with Crippen LogP contribution in [0.2, 0.25) is 0 Å². The second-order valence-electron chi connectivity index (χ2n) is 19.2. The lowest BCUT2D eigenvalue weighted by Gasteiger charge is -2.18. The fourth-order valence-corrected chi connectivity index (χ4v) is 8.42. The number of unbranched alkanes of at least 4 members (excludes halogenated alkanes) is 37. The third-order valence-corrected chi connectivity index (χ3v) is 12.7. The number of allylic oxidation sites excluding steroid dienone is 4. The van der Waals surface area contributed by atoms with Crippen LogP contribution in [-0.4, -0.2) is 37.2 Å². The molecule has 6 nitrogen and oxygen atoms in total. The molecule has 0 N–H and O–H groups in total. The molecule has 0 aliphatic carbocycles. The molecular weight excluding hydrogens is 793 g/mol. The summed E-state index contributed by atoms with van der Waals surface area (Å²) in [5, 5.41) is 0. The van der Waals surface area contributed by atoms with Crippen LogP contribution in [0.1, 0.15) is 310 Å². The minimum atomic E-state index is -0.773. The van der Waals surface area contributed by atoms with E-state index in [0.29, 0.717) is 19.3 Å². The smallest absolute Gasteiger partial charge is 0.306 e. The lowest BCUT2D eigenvalue weighted by molar-refractivity contribution is -0.167. The number of carbonyl (C=O) groups is 3. The molecule has 0 rings (SSSR count). The van der Waals surface area contributed by atoms with Gasteiger partial charge in [0.15, 0.2) is 6.10 Å². The summed E-state index contributed by atoms with van der Waals surface area (Å²) in [7, 11) is 0. The van der Waals surface area contributed by atoms with Gasteiger partial charge in [-0.05, 0) is 51.4 Å². The number of rotatable bonds is 52.